The zero-order valence-electron chi connectivity index (χ0n) is 10.4. The zero-order valence-corrected chi connectivity index (χ0v) is 10.4. The van der Waals surface area contributed by atoms with Crippen molar-refractivity contribution in [1.29, 1.82) is 0 Å². The van der Waals surface area contributed by atoms with Gasteiger partial charge in [-0.05, 0) is 12.1 Å². The van der Waals surface area contributed by atoms with Crippen molar-refractivity contribution in [1.82, 2.24) is 4.98 Å². The van der Waals surface area contributed by atoms with E-state index in [1.807, 2.05) is 30.3 Å². The van der Waals surface area contributed by atoms with E-state index in [0.29, 0.717) is 5.56 Å². The molecule has 1 heterocycles. The Kier molecular flexibility index (Phi) is 4.39. The molecule has 0 aliphatic carbocycles. The van der Waals surface area contributed by atoms with E-state index in [0.717, 1.165) is 10.3 Å². The lowest BCUT2D eigenvalue weighted by molar-refractivity contribution is -0.470. The van der Waals surface area contributed by atoms with Crippen LogP contribution in [0.1, 0.15) is 22.3 Å². The standard InChI is InChI=1S/C15H14N2O2/c18-15(14-6-9-16-10-7-14)8-11-17(19)12-13-4-2-1-3-5-13/h1-7,9-11H,8,12H2/b17-11-. The molecule has 1 aromatic heterocycles. The molecule has 0 N–H and O–H groups in total. The number of hydroxylamine groups is 1. The lowest BCUT2D eigenvalue weighted by atomic mass is 10.1. The first kappa shape index (κ1) is 13.0. The number of Topliss-reactive ketones (excluding diaryl/α,β-unsaturated/α-hetero) is 1. The van der Waals surface area contributed by atoms with Gasteiger partial charge in [-0.25, -0.2) is 4.74 Å². The Morgan fingerprint density at radius 3 is 2.53 bits per heavy atom. The monoisotopic (exact) mass is 254 g/mol. The number of pyridine rings is 1. The summed E-state index contributed by atoms with van der Waals surface area (Å²) in [7, 11) is 0. The topological polar surface area (TPSA) is 56.0 Å². The fourth-order valence-corrected chi connectivity index (χ4v) is 1.67. The summed E-state index contributed by atoms with van der Waals surface area (Å²) in [6, 6.07) is 12.7. The molecular weight excluding hydrogens is 240 g/mol. The van der Waals surface area contributed by atoms with Crippen LogP contribution in [0.25, 0.3) is 0 Å². The van der Waals surface area contributed by atoms with E-state index in [2.05, 4.69) is 4.98 Å². The second kappa shape index (κ2) is 6.44. The van der Waals surface area contributed by atoms with Crippen LogP contribution < -0.4 is 0 Å². The molecular formula is C15H14N2O2. The smallest absolute Gasteiger partial charge is 0.178 e. The summed E-state index contributed by atoms with van der Waals surface area (Å²) in [5.74, 6) is -0.0867. The van der Waals surface area contributed by atoms with Gasteiger partial charge in [0, 0.05) is 23.5 Å². The molecule has 0 atom stereocenters. The Balaban J connectivity index is 1.93. The van der Waals surface area contributed by atoms with Crippen molar-refractivity contribution in [2.45, 2.75) is 13.0 Å². The molecule has 0 radical (unpaired) electrons. The third-order valence-electron chi connectivity index (χ3n) is 2.66. The molecule has 0 amide bonds. The summed E-state index contributed by atoms with van der Waals surface area (Å²) in [5.41, 5.74) is 1.49. The first-order valence-electron chi connectivity index (χ1n) is 6.00. The fourth-order valence-electron chi connectivity index (χ4n) is 1.67. The minimum absolute atomic E-state index is 0.0867. The van der Waals surface area contributed by atoms with Gasteiger partial charge in [-0.2, -0.15) is 0 Å². The Morgan fingerprint density at radius 1 is 1.16 bits per heavy atom. The van der Waals surface area contributed by atoms with Crippen LogP contribution in [0.15, 0.2) is 54.9 Å². The molecule has 2 aromatic rings. The van der Waals surface area contributed by atoms with Gasteiger partial charge in [0.05, 0.1) is 6.42 Å². The molecule has 0 fully saturated rings. The number of rotatable bonds is 5. The van der Waals surface area contributed by atoms with E-state index < -0.39 is 0 Å². The molecule has 0 unspecified atom stereocenters. The molecule has 0 spiro atoms. The van der Waals surface area contributed by atoms with Crippen LogP contribution in [-0.2, 0) is 6.54 Å². The number of hydrogen-bond donors (Lipinski definition) is 0. The second-order valence-electron chi connectivity index (χ2n) is 4.11. The van der Waals surface area contributed by atoms with E-state index in [-0.39, 0.29) is 18.7 Å². The van der Waals surface area contributed by atoms with E-state index in [1.165, 1.54) is 6.21 Å². The normalized spacial score (nSPS) is 11.3. The maximum atomic E-state index is 11.8. The van der Waals surface area contributed by atoms with Gasteiger partial charge >= 0.3 is 0 Å². The average Bonchev–Trinajstić information content (AvgIpc) is 2.47. The van der Waals surface area contributed by atoms with Gasteiger partial charge in [-0.15, -0.1) is 0 Å². The van der Waals surface area contributed by atoms with Gasteiger partial charge in [-0.1, -0.05) is 30.3 Å². The number of carbonyl (C=O) groups is 1. The van der Waals surface area contributed by atoms with E-state index >= 15 is 0 Å². The molecule has 0 bridgehead atoms. The largest absolute Gasteiger partial charge is 0.624 e. The highest BCUT2D eigenvalue weighted by Gasteiger charge is 2.05. The number of carbonyl (C=O) groups excluding carboxylic acids is 1. The molecule has 4 heteroatoms. The Hall–Kier alpha value is -2.49. The third kappa shape index (κ3) is 4.03. The van der Waals surface area contributed by atoms with Crippen molar-refractivity contribution < 1.29 is 9.53 Å². The number of aromatic nitrogens is 1. The third-order valence-corrected chi connectivity index (χ3v) is 2.66. The molecule has 0 aliphatic heterocycles. The molecule has 96 valence electrons. The van der Waals surface area contributed by atoms with E-state index in [1.54, 1.807) is 24.5 Å². The van der Waals surface area contributed by atoms with Crippen LogP contribution in [0.3, 0.4) is 0 Å². The van der Waals surface area contributed by atoms with Gasteiger partial charge in [0.15, 0.2) is 18.5 Å². The minimum Gasteiger partial charge on any atom is -0.624 e. The van der Waals surface area contributed by atoms with E-state index in [9.17, 15) is 10.0 Å². The SMILES string of the molecule is O=C(C/C=[N+](\[O-])Cc1ccccc1)c1ccncc1. The lowest BCUT2D eigenvalue weighted by Crippen LogP contribution is -2.09. The minimum atomic E-state index is -0.0867. The fraction of sp³-hybridized carbons (Fsp3) is 0.133. The van der Waals surface area contributed by atoms with Gasteiger partial charge in [0.25, 0.3) is 0 Å². The van der Waals surface area contributed by atoms with Crippen LogP contribution in [0, 0.1) is 5.21 Å². The van der Waals surface area contributed by atoms with Crippen LogP contribution in [0.5, 0.6) is 0 Å². The first-order chi connectivity index (χ1) is 9.25. The molecule has 4 nitrogen and oxygen atoms in total. The van der Waals surface area contributed by atoms with Crippen molar-refractivity contribution in [2.24, 2.45) is 0 Å². The summed E-state index contributed by atoms with van der Waals surface area (Å²) < 4.78 is 0.786. The van der Waals surface area contributed by atoms with Crippen LogP contribution in [0.2, 0.25) is 0 Å². The maximum absolute atomic E-state index is 11.8. The molecule has 19 heavy (non-hydrogen) atoms. The summed E-state index contributed by atoms with van der Waals surface area (Å²) >= 11 is 0. The molecule has 0 saturated heterocycles. The Morgan fingerprint density at radius 2 is 1.84 bits per heavy atom. The van der Waals surface area contributed by atoms with Crippen LogP contribution in [-0.4, -0.2) is 21.7 Å². The van der Waals surface area contributed by atoms with Crippen LogP contribution >= 0.6 is 0 Å². The highest BCUT2D eigenvalue weighted by Crippen LogP contribution is 2.02. The average molecular weight is 254 g/mol. The summed E-state index contributed by atoms with van der Waals surface area (Å²) in [6.45, 7) is 0.254. The van der Waals surface area contributed by atoms with Crippen molar-refractivity contribution in [3.63, 3.8) is 0 Å². The van der Waals surface area contributed by atoms with Crippen molar-refractivity contribution >= 4 is 12.0 Å². The molecule has 0 aliphatic rings. The van der Waals surface area contributed by atoms with Crippen molar-refractivity contribution in [3.8, 4) is 0 Å². The first-order valence-corrected chi connectivity index (χ1v) is 6.00. The van der Waals surface area contributed by atoms with Crippen molar-refractivity contribution in [2.75, 3.05) is 0 Å². The highest BCUT2D eigenvalue weighted by atomic mass is 16.5. The maximum Gasteiger partial charge on any atom is 0.178 e. The van der Waals surface area contributed by atoms with Crippen LogP contribution in [0.4, 0.5) is 0 Å². The molecule has 1 aromatic carbocycles. The van der Waals surface area contributed by atoms with Crippen molar-refractivity contribution in [3.05, 3.63) is 71.2 Å². The Labute approximate surface area is 111 Å². The molecule has 0 saturated carbocycles. The zero-order chi connectivity index (χ0) is 13.5. The van der Waals surface area contributed by atoms with Gasteiger partial charge in [0.1, 0.15) is 0 Å². The second-order valence-corrected chi connectivity index (χ2v) is 4.11. The van der Waals surface area contributed by atoms with Gasteiger partial charge in [-0.3, -0.25) is 9.78 Å². The van der Waals surface area contributed by atoms with Gasteiger partial charge < -0.3 is 5.21 Å². The number of nitrogens with zero attached hydrogens (tertiary/aromatic N) is 2. The predicted molar refractivity (Wildman–Crippen MR) is 73.0 cm³/mol. The Bertz CT molecular complexity index is 565. The summed E-state index contributed by atoms with van der Waals surface area (Å²) in [5, 5.41) is 11.6. The lowest BCUT2D eigenvalue weighted by Gasteiger charge is -2.03. The quantitative estimate of drug-likeness (QED) is 0.271. The number of benzene rings is 1. The molecule has 2 rings (SSSR count). The summed E-state index contributed by atoms with van der Waals surface area (Å²) in [6.07, 6.45) is 4.59. The summed E-state index contributed by atoms with van der Waals surface area (Å²) in [4.78, 5) is 15.6. The highest BCUT2D eigenvalue weighted by molar-refractivity contribution is 6.02. The number of ketones is 1. The predicted octanol–water partition coefficient (Wildman–Crippen LogP) is 2.44. The van der Waals surface area contributed by atoms with Gasteiger partial charge in [0.2, 0.25) is 0 Å². The number of hydrogen-bond acceptors (Lipinski definition) is 3. The van der Waals surface area contributed by atoms with E-state index in [4.69, 9.17) is 0 Å².